The van der Waals surface area contributed by atoms with Crippen LogP contribution in [0.3, 0.4) is 0 Å². The van der Waals surface area contributed by atoms with E-state index in [0.717, 1.165) is 25.0 Å². The van der Waals surface area contributed by atoms with Gasteiger partial charge < -0.3 is 0 Å². The third-order valence-electron chi connectivity index (χ3n) is 2.50. The van der Waals surface area contributed by atoms with Gasteiger partial charge in [0.15, 0.2) is 0 Å². The summed E-state index contributed by atoms with van der Waals surface area (Å²) in [6, 6.07) is 3.41. The summed E-state index contributed by atoms with van der Waals surface area (Å²) in [6.07, 6.45) is 1.89. The zero-order valence-electron chi connectivity index (χ0n) is 8.93. The summed E-state index contributed by atoms with van der Waals surface area (Å²) in [5, 5.41) is -0.458. The van der Waals surface area contributed by atoms with E-state index in [1.54, 1.807) is 0 Å². The number of alkyl halides is 1. The first-order valence-corrected chi connectivity index (χ1v) is 5.59. The molecule has 84 valence electrons. The van der Waals surface area contributed by atoms with Crippen molar-refractivity contribution in [2.75, 3.05) is 0 Å². The number of benzene rings is 1. The molecule has 0 aliphatic carbocycles. The van der Waals surface area contributed by atoms with Gasteiger partial charge in [0.1, 0.15) is 11.6 Å². The van der Waals surface area contributed by atoms with E-state index in [4.69, 9.17) is 11.6 Å². The van der Waals surface area contributed by atoms with Crippen LogP contribution in [0.1, 0.15) is 37.6 Å². The van der Waals surface area contributed by atoms with Crippen LogP contribution in [0, 0.1) is 17.6 Å². The minimum atomic E-state index is -0.458. The van der Waals surface area contributed by atoms with Crippen LogP contribution in [0.5, 0.6) is 0 Å². The van der Waals surface area contributed by atoms with Crippen LogP contribution < -0.4 is 0 Å². The van der Waals surface area contributed by atoms with E-state index >= 15 is 0 Å². The topological polar surface area (TPSA) is 0 Å². The van der Waals surface area contributed by atoms with Crippen LogP contribution in [0.25, 0.3) is 0 Å². The molecule has 0 amide bonds. The van der Waals surface area contributed by atoms with Crippen molar-refractivity contribution in [2.45, 2.75) is 32.1 Å². The third-order valence-corrected chi connectivity index (χ3v) is 3.16. The predicted octanol–water partition coefficient (Wildman–Crippen LogP) is 4.68. The summed E-state index contributed by atoms with van der Waals surface area (Å²) in [5.74, 6) is -0.729. The van der Waals surface area contributed by atoms with Crippen LogP contribution in [0.15, 0.2) is 18.2 Å². The van der Waals surface area contributed by atoms with Gasteiger partial charge in [0.05, 0.1) is 5.38 Å². The highest BCUT2D eigenvalue weighted by Gasteiger charge is 2.19. The second-order valence-corrected chi connectivity index (χ2v) is 4.30. The number of hydrogen-bond donors (Lipinski definition) is 0. The lowest BCUT2D eigenvalue weighted by Gasteiger charge is -2.18. The van der Waals surface area contributed by atoms with Gasteiger partial charge in [-0.25, -0.2) is 8.78 Å². The summed E-state index contributed by atoms with van der Waals surface area (Å²) in [7, 11) is 0. The molecule has 0 spiro atoms. The number of hydrogen-bond acceptors (Lipinski definition) is 0. The molecule has 0 N–H and O–H groups in total. The van der Waals surface area contributed by atoms with Crippen molar-refractivity contribution in [2.24, 2.45) is 5.92 Å². The number of rotatable bonds is 4. The Labute approximate surface area is 94.3 Å². The Morgan fingerprint density at radius 3 is 2.60 bits per heavy atom. The van der Waals surface area contributed by atoms with Gasteiger partial charge in [-0.3, -0.25) is 0 Å². The van der Waals surface area contributed by atoms with E-state index < -0.39 is 17.0 Å². The largest absolute Gasteiger partial charge is 0.207 e. The average molecular weight is 233 g/mol. The van der Waals surface area contributed by atoms with Gasteiger partial charge in [-0.15, -0.1) is 11.6 Å². The molecule has 0 saturated carbocycles. The fraction of sp³-hybridized carbons (Fsp3) is 0.500. The molecular formula is C12H15ClF2. The lowest BCUT2D eigenvalue weighted by Crippen LogP contribution is -2.06. The van der Waals surface area contributed by atoms with Crippen molar-refractivity contribution in [3.8, 4) is 0 Å². The summed E-state index contributed by atoms with van der Waals surface area (Å²) in [4.78, 5) is 0. The van der Waals surface area contributed by atoms with Crippen LogP contribution >= 0.6 is 11.6 Å². The molecule has 0 aromatic heterocycles. The molecule has 0 bridgehead atoms. The molecule has 0 radical (unpaired) electrons. The standard InChI is InChI=1S/C12H15ClF2/c1-3-4-8(2)12(13)10-7-9(14)5-6-11(10)15/h5-8,12H,3-4H2,1-2H3. The van der Waals surface area contributed by atoms with Crippen LogP contribution in [-0.2, 0) is 0 Å². The molecule has 1 aromatic rings. The van der Waals surface area contributed by atoms with E-state index in [2.05, 4.69) is 0 Å². The molecule has 0 aliphatic heterocycles. The van der Waals surface area contributed by atoms with E-state index in [1.165, 1.54) is 6.07 Å². The summed E-state index contributed by atoms with van der Waals surface area (Å²) in [6.45, 7) is 3.99. The molecule has 0 fully saturated rings. The minimum Gasteiger partial charge on any atom is -0.207 e. The molecule has 2 unspecified atom stereocenters. The third kappa shape index (κ3) is 3.16. The van der Waals surface area contributed by atoms with Crippen LogP contribution in [0.2, 0.25) is 0 Å². The van der Waals surface area contributed by atoms with Gasteiger partial charge >= 0.3 is 0 Å². The van der Waals surface area contributed by atoms with Crippen molar-refractivity contribution in [3.05, 3.63) is 35.4 Å². The van der Waals surface area contributed by atoms with Crippen molar-refractivity contribution in [3.63, 3.8) is 0 Å². The SMILES string of the molecule is CCCC(C)C(Cl)c1cc(F)ccc1F. The Morgan fingerprint density at radius 2 is 2.00 bits per heavy atom. The smallest absolute Gasteiger partial charge is 0.128 e. The molecule has 2 atom stereocenters. The maximum atomic E-state index is 13.4. The Hall–Kier alpha value is -0.630. The van der Waals surface area contributed by atoms with Gasteiger partial charge in [-0.2, -0.15) is 0 Å². The molecule has 3 heteroatoms. The Bertz CT molecular complexity index is 325. The monoisotopic (exact) mass is 232 g/mol. The zero-order valence-corrected chi connectivity index (χ0v) is 9.69. The molecule has 0 heterocycles. The highest BCUT2D eigenvalue weighted by atomic mass is 35.5. The first-order valence-electron chi connectivity index (χ1n) is 5.15. The highest BCUT2D eigenvalue weighted by Crippen LogP contribution is 2.33. The van der Waals surface area contributed by atoms with Crippen molar-refractivity contribution in [1.29, 1.82) is 0 Å². The highest BCUT2D eigenvalue weighted by molar-refractivity contribution is 6.21. The van der Waals surface area contributed by atoms with Gasteiger partial charge in [0, 0.05) is 5.56 Å². The van der Waals surface area contributed by atoms with Crippen LogP contribution in [-0.4, -0.2) is 0 Å². The predicted molar refractivity (Wildman–Crippen MR) is 59.0 cm³/mol. The molecule has 0 saturated heterocycles. The lowest BCUT2D eigenvalue weighted by atomic mass is 9.96. The van der Waals surface area contributed by atoms with E-state index in [0.29, 0.717) is 0 Å². The van der Waals surface area contributed by atoms with Gasteiger partial charge in [-0.05, 0) is 30.5 Å². The van der Waals surface area contributed by atoms with Crippen molar-refractivity contribution < 1.29 is 8.78 Å². The van der Waals surface area contributed by atoms with Gasteiger partial charge in [0.2, 0.25) is 0 Å². The Kier molecular flexibility index (Phi) is 4.52. The molecule has 0 aliphatic rings. The van der Waals surface area contributed by atoms with Crippen LogP contribution in [0.4, 0.5) is 8.78 Å². The second-order valence-electron chi connectivity index (χ2n) is 3.83. The summed E-state index contributed by atoms with van der Waals surface area (Å²) in [5.41, 5.74) is 0.262. The Morgan fingerprint density at radius 1 is 1.33 bits per heavy atom. The van der Waals surface area contributed by atoms with Gasteiger partial charge in [-0.1, -0.05) is 20.3 Å². The normalized spacial score (nSPS) is 15.0. The molecule has 15 heavy (non-hydrogen) atoms. The van der Waals surface area contributed by atoms with E-state index in [9.17, 15) is 8.78 Å². The molecular weight excluding hydrogens is 218 g/mol. The minimum absolute atomic E-state index is 0.146. The Balaban J connectivity index is 2.89. The molecule has 1 rings (SSSR count). The van der Waals surface area contributed by atoms with Crippen molar-refractivity contribution in [1.82, 2.24) is 0 Å². The first kappa shape index (κ1) is 12.4. The maximum absolute atomic E-state index is 13.4. The molecule has 0 nitrogen and oxygen atoms in total. The lowest BCUT2D eigenvalue weighted by molar-refractivity contribution is 0.486. The van der Waals surface area contributed by atoms with Gasteiger partial charge in [0.25, 0.3) is 0 Å². The second kappa shape index (κ2) is 5.45. The first-order chi connectivity index (χ1) is 7.06. The van der Waals surface area contributed by atoms with Crippen molar-refractivity contribution >= 4 is 11.6 Å². The zero-order chi connectivity index (χ0) is 11.4. The summed E-state index contributed by atoms with van der Waals surface area (Å²) < 4.78 is 26.3. The quantitative estimate of drug-likeness (QED) is 0.661. The maximum Gasteiger partial charge on any atom is 0.128 e. The number of halogens is 3. The molecule has 1 aromatic carbocycles. The fourth-order valence-corrected chi connectivity index (χ4v) is 1.93. The van der Waals surface area contributed by atoms with E-state index in [-0.39, 0.29) is 11.5 Å². The van der Waals surface area contributed by atoms with E-state index in [1.807, 2.05) is 13.8 Å². The summed E-state index contributed by atoms with van der Waals surface area (Å²) >= 11 is 6.11. The fourth-order valence-electron chi connectivity index (χ4n) is 1.63. The average Bonchev–Trinajstić information content (AvgIpc) is 2.21.